The number of piperidine rings is 1. The third-order valence-electron chi connectivity index (χ3n) is 3.99. The third kappa shape index (κ3) is 4.45. The van der Waals surface area contributed by atoms with Crippen LogP contribution in [0, 0.1) is 5.92 Å². The molecule has 0 atom stereocenters. The maximum Gasteiger partial charge on any atom is 0.246 e. The molecule has 112 valence electrons. The van der Waals surface area contributed by atoms with E-state index in [-0.39, 0.29) is 11.8 Å². The summed E-state index contributed by atoms with van der Waals surface area (Å²) < 4.78 is 0. The van der Waals surface area contributed by atoms with Crippen molar-refractivity contribution in [3.05, 3.63) is 42.0 Å². The fourth-order valence-electron chi connectivity index (χ4n) is 2.70. The zero-order valence-corrected chi connectivity index (χ0v) is 12.4. The summed E-state index contributed by atoms with van der Waals surface area (Å²) in [6, 6.07) is 9.89. The van der Waals surface area contributed by atoms with Crippen molar-refractivity contribution < 1.29 is 9.59 Å². The maximum absolute atomic E-state index is 12.3. The molecule has 4 heteroatoms. The summed E-state index contributed by atoms with van der Waals surface area (Å²) in [5.74, 6) is 0.124. The highest BCUT2D eigenvalue weighted by Crippen LogP contribution is 2.21. The van der Waals surface area contributed by atoms with Gasteiger partial charge in [-0.3, -0.25) is 9.59 Å². The maximum atomic E-state index is 12.3. The first-order chi connectivity index (χ1) is 10.1. The van der Waals surface area contributed by atoms with Crippen LogP contribution in [0.1, 0.15) is 31.7 Å². The monoisotopic (exact) mass is 286 g/mol. The number of hydrogen-bond donors (Lipinski definition) is 1. The van der Waals surface area contributed by atoms with Crippen molar-refractivity contribution in [1.82, 2.24) is 4.90 Å². The highest BCUT2D eigenvalue weighted by Gasteiger charge is 2.22. The van der Waals surface area contributed by atoms with Gasteiger partial charge in [-0.2, -0.15) is 0 Å². The van der Waals surface area contributed by atoms with Crippen molar-refractivity contribution in [3.63, 3.8) is 0 Å². The van der Waals surface area contributed by atoms with Crippen LogP contribution in [-0.2, 0) is 9.59 Å². The van der Waals surface area contributed by atoms with E-state index < -0.39 is 0 Å². The minimum Gasteiger partial charge on any atom is -0.370 e. The molecule has 0 spiro atoms. The summed E-state index contributed by atoms with van der Waals surface area (Å²) in [7, 11) is 0. The fourth-order valence-corrected chi connectivity index (χ4v) is 2.70. The summed E-state index contributed by atoms with van der Waals surface area (Å²) in [5.41, 5.74) is 7.26. The molecule has 4 nitrogen and oxygen atoms in total. The first kappa shape index (κ1) is 15.3. The minimum absolute atomic E-state index is 0.0499. The number of primary amides is 1. The number of allylic oxidation sites excluding steroid dienone is 1. The largest absolute Gasteiger partial charge is 0.370 e. The molecule has 0 aliphatic carbocycles. The highest BCUT2D eigenvalue weighted by atomic mass is 16.2. The van der Waals surface area contributed by atoms with Crippen LogP contribution in [0.4, 0.5) is 0 Å². The quantitative estimate of drug-likeness (QED) is 0.862. The summed E-state index contributed by atoms with van der Waals surface area (Å²) in [6.07, 6.45) is 3.84. The van der Waals surface area contributed by atoms with Crippen LogP contribution in [0.5, 0.6) is 0 Å². The molecule has 0 aromatic heterocycles. The molecule has 1 aromatic carbocycles. The van der Waals surface area contributed by atoms with Crippen LogP contribution < -0.4 is 5.73 Å². The van der Waals surface area contributed by atoms with Crippen molar-refractivity contribution in [1.29, 1.82) is 0 Å². The Morgan fingerprint density at radius 2 is 1.86 bits per heavy atom. The van der Waals surface area contributed by atoms with Gasteiger partial charge in [0.25, 0.3) is 0 Å². The molecule has 1 aliphatic heterocycles. The lowest BCUT2D eigenvalue weighted by Crippen LogP contribution is -2.38. The molecule has 2 amide bonds. The second kappa shape index (κ2) is 7.07. The molecule has 2 N–H and O–H groups in total. The lowest BCUT2D eigenvalue weighted by atomic mass is 9.93. The molecule has 1 heterocycles. The van der Waals surface area contributed by atoms with Gasteiger partial charge in [0.2, 0.25) is 11.8 Å². The molecular formula is C17H22N2O2. The highest BCUT2D eigenvalue weighted by molar-refractivity contribution is 5.94. The Labute approximate surface area is 125 Å². The summed E-state index contributed by atoms with van der Waals surface area (Å²) in [5, 5.41) is 0. The van der Waals surface area contributed by atoms with Gasteiger partial charge in [0.1, 0.15) is 0 Å². The number of nitrogens with zero attached hydrogens (tertiary/aromatic N) is 1. The molecule has 21 heavy (non-hydrogen) atoms. The van der Waals surface area contributed by atoms with Crippen LogP contribution in [0.3, 0.4) is 0 Å². The normalized spacial score (nSPS) is 16.8. The first-order valence-electron chi connectivity index (χ1n) is 7.37. The molecule has 0 unspecified atom stereocenters. The Kier molecular flexibility index (Phi) is 5.14. The number of carbonyl (C=O) groups is 2. The Hall–Kier alpha value is -2.10. The van der Waals surface area contributed by atoms with Crippen LogP contribution in [0.2, 0.25) is 0 Å². The standard InChI is InChI=1S/C17H22N2O2/c1-13(15-5-3-2-4-6-15)11-17(21)19-9-7-14(8-10-19)12-16(18)20/h2-6,11,14H,7-10,12H2,1H3,(H2,18,20)/b13-11-. The van der Waals surface area contributed by atoms with E-state index >= 15 is 0 Å². The van der Waals surface area contributed by atoms with Crippen molar-refractivity contribution in [3.8, 4) is 0 Å². The van der Waals surface area contributed by atoms with Crippen LogP contribution in [0.25, 0.3) is 5.57 Å². The molecular weight excluding hydrogens is 264 g/mol. The summed E-state index contributed by atoms with van der Waals surface area (Å²) in [4.78, 5) is 25.0. The Bertz CT molecular complexity index is 529. The van der Waals surface area contributed by atoms with Gasteiger partial charge in [-0.15, -0.1) is 0 Å². The zero-order valence-electron chi connectivity index (χ0n) is 12.4. The van der Waals surface area contributed by atoms with Crippen LogP contribution in [0.15, 0.2) is 36.4 Å². The number of hydrogen-bond acceptors (Lipinski definition) is 2. The van der Waals surface area contributed by atoms with Gasteiger partial charge in [0, 0.05) is 25.6 Å². The molecule has 1 saturated heterocycles. The number of likely N-dealkylation sites (tertiary alicyclic amines) is 1. The van der Waals surface area contributed by atoms with Crippen LogP contribution in [-0.4, -0.2) is 29.8 Å². The van der Waals surface area contributed by atoms with E-state index in [0.717, 1.165) is 24.0 Å². The predicted molar refractivity (Wildman–Crippen MR) is 83.2 cm³/mol. The van der Waals surface area contributed by atoms with E-state index in [1.165, 1.54) is 0 Å². The van der Waals surface area contributed by atoms with Crippen molar-refractivity contribution in [2.75, 3.05) is 13.1 Å². The Morgan fingerprint density at radius 3 is 2.43 bits per heavy atom. The minimum atomic E-state index is -0.250. The van der Waals surface area contributed by atoms with Crippen molar-refractivity contribution in [2.45, 2.75) is 26.2 Å². The van der Waals surface area contributed by atoms with Gasteiger partial charge in [-0.05, 0) is 36.8 Å². The van der Waals surface area contributed by atoms with Gasteiger partial charge >= 0.3 is 0 Å². The van der Waals surface area contributed by atoms with Crippen LogP contribution >= 0.6 is 0 Å². The topological polar surface area (TPSA) is 63.4 Å². The van der Waals surface area contributed by atoms with Crippen molar-refractivity contribution >= 4 is 17.4 Å². The van der Waals surface area contributed by atoms with Gasteiger partial charge in [-0.1, -0.05) is 30.3 Å². The number of rotatable bonds is 4. The Balaban J connectivity index is 1.92. The van der Waals surface area contributed by atoms with Gasteiger partial charge in [-0.25, -0.2) is 0 Å². The third-order valence-corrected chi connectivity index (χ3v) is 3.99. The molecule has 2 rings (SSSR count). The summed E-state index contributed by atoms with van der Waals surface area (Å²) >= 11 is 0. The van der Waals surface area contributed by atoms with Gasteiger partial charge in [0.15, 0.2) is 0 Å². The molecule has 0 radical (unpaired) electrons. The second-order valence-electron chi connectivity index (χ2n) is 5.63. The van der Waals surface area contributed by atoms with E-state index in [0.29, 0.717) is 25.4 Å². The number of amides is 2. The number of carbonyl (C=O) groups excluding carboxylic acids is 2. The van der Waals surface area contributed by atoms with Gasteiger partial charge < -0.3 is 10.6 Å². The average molecular weight is 286 g/mol. The van der Waals surface area contributed by atoms with E-state index in [2.05, 4.69) is 0 Å². The van der Waals surface area contributed by atoms with E-state index in [4.69, 9.17) is 5.73 Å². The number of nitrogens with two attached hydrogens (primary N) is 1. The SMILES string of the molecule is C/C(=C/C(=O)N1CCC(CC(N)=O)CC1)c1ccccc1. The van der Waals surface area contributed by atoms with Gasteiger partial charge in [0.05, 0.1) is 0 Å². The first-order valence-corrected chi connectivity index (χ1v) is 7.37. The lowest BCUT2D eigenvalue weighted by molar-refractivity contribution is -0.127. The molecule has 1 aromatic rings. The average Bonchev–Trinajstić information content (AvgIpc) is 2.48. The summed E-state index contributed by atoms with van der Waals surface area (Å²) in [6.45, 7) is 3.36. The zero-order chi connectivity index (χ0) is 15.2. The molecule has 0 saturated carbocycles. The van der Waals surface area contributed by atoms with E-state index in [9.17, 15) is 9.59 Å². The second-order valence-corrected chi connectivity index (χ2v) is 5.63. The van der Waals surface area contributed by atoms with Crippen molar-refractivity contribution in [2.24, 2.45) is 11.7 Å². The fraction of sp³-hybridized carbons (Fsp3) is 0.412. The molecule has 1 aliphatic rings. The van der Waals surface area contributed by atoms with E-state index in [1.807, 2.05) is 42.2 Å². The molecule has 1 fully saturated rings. The molecule has 0 bridgehead atoms. The Morgan fingerprint density at radius 1 is 1.24 bits per heavy atom. The predicted octanol–water partition coefficient (Wildman–Crippen LogP) is 2.20. The van der Waals surface area contributed by atoms with E-state index in [1.54, 1.807) is 6.08 Å². The smallest absolute Gasteiger partial charge is 0.246 e. The number of benzene rings is 1. The lowest BCUT2D eigenvalue weighted by Gasteiger charge is -2.31.